The monoisotopic (exact) mass is 357 g/mol. The SMILES string of the molecule is CC(C)n1cccc1C(=O)N1CC[C@@]2(CCCN(CC3CCC3)C2=O)C1. The first kappa shape index (κ1) is 17.6. The van der Waals surface area contributed by atoms with Crippen molar-refractivity contribution in [1.29, 1.82) is 0 Å². The fourth-order valence-electron chi connectivity index (χ4n) is 4.93. The predicted octanol–water partition coefficient (Wildman–Crippen LogP) is 3.32. The molecule has 1 aromatic heterocycles. The first-order chi connectivity index (χ1) is 12.5. The third-order valence-corrected chi connectivity index (χ3v) is 6.72. The van der Waals surface area contributed by atoms with Crippen molar-refractivity contribution in [2.75, 3.05) is 26.2 Å². The lowest BCUT2D eigenvalue weighted by Crippen LogP contribution is -2.52. The minimum absolute atomic E-state index is 0.0736. The standard InChI is InChI=1S/C21H31N3O2/c1-16(2)24-12-4-8-18(24)19(25)23-13-10-21(15-23)9-5-11-22(20(21)26)14-17-6-3-7-17/h4,8,12,16-17H,3,5-7,9-11,13-15H2,1-2H3/t21-/m0/s1. The van der Waals surface area contributed by atoms with E-state index < -0.39 is 0 Å². The molecule has 0 aromatic carbocycles. The molecule has 5 nitrogen and oxygen atoms in total. The van der Waals surface area contributed by atoms with Crippen molar-refractivity contribution in [2.45, 2.75) is 58.4 Å². The molecule has 3 fully saturated rings. The zero-order valence-corrected chi connectivity index (χ0v) is 16.1. The minimum atomic E-state index is -0.326. The van der Waals surface area contributed by atoms with E-state index in [0.29, 0.717) is 24.9 Å². The van der Waals surface area contributed by atoms with E-state index in [9.17, 15) is 9.59 Å². The molecule has 0 N–H and O–H groups in total. The number of carbonyl (C=O) groups excluding carboxylic acids is 2. The Kier molecular flexibility index (Phi) is 4.57. The summed E-state index contributed by atoms with van der Waals surface area (Å²) < 4.78 is 2.03. The lowest BCUT2D eigenvalue weighted by molar-refractivity contribution is -0.146. The summed E-state index contributed by atoms with van der Waals surface area (Å²) in [7, 11) is 0. The van der Waals surface area contributed by atoms with Gasteiger partial charge in [0, 0.05) is 38.4 Å². The molecule has 1 saturated carbocycles. The Balaban J connectivity index is 1.47. The van der Waals surface area contributed by atoms with Crippen molar-refractivity contribution in [3.63, 3.8) is 0 Å². The highest BCUT2D eigenvalue weighted by atomic mass is 16.2. The molecule has 0 bridgehead atoms. The average molecular weight is 357 g/mol. The van der Waals surface area contributed by atoms with Crippen LogP contribution in [0.2, 0.25) is 0 Å². The number of hydrogen-bond acceptors (Lipinski definition) is 2. The average Bonchev–Trinajstić information content (AvgIpc) is 3.22. The van der Waals surface area contributed by atoms with E-state index in [1.807, 2.05) is 27.8 Å². The quantitative estimate of drug-likeness (QED) is 0.830. The van der Waals surface area contributed by atoms with Gasteiger partial charge in [-0.1, -0.05) is 6.42 Å². The summed E-state index contributed by atoms with van der Waals surface area (Å²) in [4.78, 5) is 30.3. The molecule has 2 saturated heterocycles. The first-order valence-electron chi connectivity index (χ1n) is 10.3. The van der Waals surface area contributed by atoms with Crippen LogP contribution in [0.5, 0.6) is 0 Å². The van der Waals surface area contributed by atoms with Crippen LogP contribution < -0.4 is 0 Å². The molecule has 2 aliphatic heterocycles. The molecule has 142 valence electrons. The van der Waals surface area contributed by atoms with Crippen LogP contribution in [0.4, 0.5) is 0 Å². The van der Waals surface area contributed by atoms with Crippen LogP contribution in [0.15, 0.2) is 18.3 Å². The van der Waals surface area contributed by atoms with Gasteiger partial charge in [-0.25, -0.2) is 0 Å². The van der Waals surface area contributed by atoms with Crippen LogP contribution in [0.1, 0.15) is 68.9 Å². The summed E-state index contributed by atoms with van der Waals surface area (Å²) in [5, 5.41) is 0. The van der Waals surface area contributed by atoms with Crippen molar-refractivity contribution in [3.05, 3.63) is 24.0 Å². The molecule has 0 radical (unpaired) electrons. The molecule has 2 amide bonds. The molecule has 1 spiro atoms. The van der Waals surface area contributed by atoms with Crippen molar-refractivity contribution < 1.29 is 9.59 Å². The molecule has 3 aliphatic rings. The van der Waals surface area contributed by atoms with Gasteiger partial charge in [-0.15, -0.1) is 0 Å². The fourth-order valence-corrected chi connectivity index (χ4v) is 4.93. The molecule has 1 aromatic rings. The first-order valence-corrected chi connectivity index (χ1v) is 10.3. The number of carbonyl (C=O) groups is 2. The number of likely N-dealkylation sites (tertiary alicyclic amines) is 2. The van der Waals surface area contributed by atoms with Crippen LogP contribution in [0.3, 0.4) is 0 Å². The van der Waals surface area contributed by atoms with Crippen LogP contribution >= 0.6 is 0 Å². The van der Waals surface area contributed by atoms with E-state index in [2.05, 4.69) is 18.7 Å². The topological polar surface area (TPSA) is 45.6 Å². The number of rotatable bonds is 4. The maximum absolute atomic E-state index is 13.2. The second-order valence-electron chi connectivity index (χ2n) is 8.80. The number of aromatic nitrogens is 1. The van der Waals surface area contributed by atoms with Gasteiger partial charge in [0.1, 0.15) is 5.69 Å². The number of piperidine rings is 1. The zero-order valence-electron chi connectivity index (χ0n) is 16.1. The van der Waals surface area contributed by atoms with E-state index in [1.54, 1.807) is 0 Å². The summed E-state index contributed by atoms with van der Waals surface area (Å²) in [6, 6.07) is 4.10. The highest BCUT2D eigenvalue weighted by molar-refractivity contribution is 5.94. The normalized spacial score (nSPS) is 26.8. The van der Waals surface area contributed by atoms with E-state index in [1.165, 1.54) is 19.3 Å². The molecule has 0 unspecified atom stereocenters. The highest BCUT2D eigenvalue weighted by Gasteiger charge is 2.50. The van der Waals surface area contributed by atoms with Gasteiger partial charge in [0.2, 0.25) is 5.91 Å². The molecular formula is C21H31N3O2. The van der Waals surface area contributed by atoms with Gasteiger partial charge >= 0.3 is 0 Å². The second-order valence-corrected chi connectivity index (χ2v) is 8.80. The van der Waals surface area contributed by atoms with Crippen molar-refractivity contribution in [2.24, 2.45) is 11.3 Å². The van der Waals surface area contributed by atoms with Gasteiger partial charge in [-0.3, -0.25) is 9.59 Å². The van der Waals surface area contributed by atoms with Gasteiger partial charge < -0.3 is 14.4 Å². The maximum Gasteiger partial charge on any atom is 0.270 e. The van der Waals surface area contributed by atoms with Gasteiger partial charge in [-0.2, -0.15) is 0 Å². The lowest BCUT2D eigenvalue weighted by Gasteiger charge is -2.42. The predicted molar refractivity (Wildman–Crippen MR) is 101 cm³/mol. The Morgan fingerprint density at radius 2 is 2.04 bits per heavy atom. The Bertz CT molecular complexity index is 691. The molecule has 3 heterocycles. The van der Waals surface area contributed by atoms with E-state index in [0.717, 1.165) is 38.0 Å². The Hall–Kier alpha value is -1.78. The maximum atomic E-state index is 13.2. The Morgan fingerprint density at radius 3 is 2.73 bits per heavy atom. The molecular weight excluding hydrogens is 326 g/mol. The second kappa shape index (κ2) is 6.75. The largest absolute Gasteiger partial charge is 0.342 e. The fraction of sp³-hybridized carbons (Fsp3) is 0.714. The summed E-state index contributed by atoms with van der Waals surface area (Å²) in [6.07, 6.45) is 8.65. The van der Waals surface area contributed by atoms with Crippen LogP contribution in [0, 0.1) is 11.3 Å². The van der Waals surface area contributed by atoms with E-state index in [-0.39, 0.29) is 17.4 Å². The molecule has 26 heavy (non-hydrogen) atoms. The zero-order chi connectivity index (χ0) is 18.3. The third-order valence-electron chi connectivity index (χ3n) is 6.72. The molecule has 1 atom stereocenters. The van der Waals surface area contributed by atoms with Crippen LogP contribution in [-0.4, -0.2) is 52.4 Å². The van der Waals surface area contributed by atoms with Crippen LogP contribution in [0.25, 0.3) is 0 Å². The van der Waals surface area contributed by atoms with Gasteiger partial charge in [-0.05, 0) is 64.0 Å². The third kappa shape index (κ3) is 2.95. The van der Waals surface area contributed by atoms with Gasteiger partial charge in [0.25, 0.3) is 5.91 Å². The molecule has 1 aliphatic carbocycles. The van der Waals surface area contributed by atoms with Crippen molar-refractivity contribution in [1.82, 2.24) is 14.4 Å². The lowest BCUT2D eigenvalue weighted by atomic mass is 9.77. The van der Waals surface area contributed by atoms with Crippen LogP contribution in [-0.2, 0) is 4.79 Å². The number of amides is 2. The minimum Gasteiger partial charge on any atom is -0.342 e. The van der Waals surface area contributed by atoms with Gasteiger partial charge in [0.15, 0.2) is 0 Å². The Labute approximate surface area is 156 Å². The number of hydrogen-bond donors (Lipinski definition) is 0. The van der Waals surface area contributed by atoms with Crippen molar-refractivity contribution >= 4 is 11.8 Å². The van der Waals surface area contributed by atoms with E-state index in [4.69, 9.17) is 0 Å². The summed E-state index contributed by atoms with van der Waals surface area (Å²) in [6.45, 7) is 7.31. The Morgan fingerprint density at radius 1 is 1.23 bits per heavy atom. The number of nitrogens with zero attached hydrogens (tertiary/aromatic N) is 3. The summed E-state index contributed by atoms with van der Waals surface area (Å²) in [5.74, 6) is 1.09. The molecule has 4 rings (SSSR count). The van der Waals surface area contributed by atoms with Crippen molar-refractivity contribution in [3.8, 4) is 0 Å². The molecule has 5 heteroatoms. The van der Waals surface area contributed by atoms with E-state index >= 15 is 0 Å². The van der Waals surface area contributed by atoms with Gasteiger partial charge in [0.05, 0.1) is 5.41 Å². The summed E-state index contributed by atoms with van der Waals surface area (Å²) >= 11 is 0. The smallest absolute Gasteiger partial charge is 0.270 e. The highest BCUT2D eigenvalue weighted by Crippen LogP contribution is 2.41. The summed E-state index contributed by atoms with van der Waals surface area (Å²) in [5.41, 5.74) is 0.416.